The summed E-state index contributed by atoms with van der Waals surface area (Å²) < 4.78 is 0. The van der Waals surface area contributed by atoms with Gasteiger partial charge in [0.15, 0.2) is 0 Å². The predicted octanol–water partition coefficient (Wildman–Crippen LogP) is 1.95. The van der Waals surface area contributed by atoms with E-state index in [9.17, 15) is 4.79 Å². The summed E-state index contributed by atoms with van der Waals surface area (Å²) in [7, 11) is 0. The fourth-order valence-electron chi connectivity index (χ4n) is 2.70. The maximum Gasteiger partial charge on any atom is 0.238 e. The number of hydrogen-bond donors (Lipinski definition) is 2. The first-order valence-electron chi connectivity index (χ1n) is 7.29. The Morgan fingerprint density at radius 2 is 2.20 bits per heavy atom. The lowest BCUT2D eigenvalue weighted by molar-refractivity contribution is -0.117. The maximum absolute atomic E-state index is 12.0. The molecule has 2 rings (SSSR count). The molecule has 0 saturated carbocycles. The number of likely N-dealkylation sites (tertiary alicyclic amines) is 1. The first kappa shape index (κ1) is 15.0. The van der Waals surface area contributed by atoms with E-state index < -0.39 is 0 Å². The second kappa shape index (κ2) is 6.86. The van der Waals surface area contributed by atoms with Gasteiger partial charge < -0.3 is 10.4 Å². The number of nitrogens with zero attached hydrogens (tertiary/aromatic N) is 1. The van der Waals surface area contributed by atoms with Gasteiger partial charge in [-0.15, -0.1) is 0 Å². The van der Waals surface area contributed by atoms with Crippen LogP contribution in [0, 0.1) is 19.8 Å². The first-order valence-corrected chi connectivity index (χ1v) is 7.29. The third kappa shape index (κ3) is 4.05. The van der Waals surface area contributed by atoms with Crippen molar-refractivity contribution in [3.8, 4) is 0 Å². The number of aliphatic hydroxyl groups is 1. The molecule has 1 fully saturated rings. The number of anilines is 1. The molecule has 0 aliphatic carbocycles. The van der Waals surface area contributed by atoms with E-state index in [1.54, 1.807) is 0 Å². The summed E-state index contributed by atoms with van der Waals surface area (Å²) in [5, 5.41) is 11.9. The number of carbonyl (C=O) groups is 1. The molecule has 1 saturated heterocycles. The Bertz CT molecular complexity index is 474. The Labute approximate surface area is 120 Å². The monoisotopic (exact) mass is 276 g/mol. The highest BCUT2D eigenvalue weighted by Crippen LogP contribution is 2.19. The van der Waals surface area contributed by atoms with Crippen molar-refractivity contribution in [2.75, 3.05) is 31.6 Å². The van der Waals surface area contributed by atoms with Gasteiger partial charge in [0.05, 0.1) is 6.54 Å². The van der Waals surface area contributed by atoms with Gasteiger partial charge >= 0.3 is 0 Å². The van der Waals surface area contributed by atoms with Crippen LogP contribution in [0.4, 0.5) is 5.69 Å². The molecule has 2 N–H and O–H groups in total. The highest BCUT2D eigenvalue weighted by molar-refractivity contribution is 5.92. The van der Waals surface area contributed by atoms with Crippen LogP contribution in [0.5, 0.6) is 0 Å². The molecule has 1 aliphatic rings. The lowest BCUT2D eigenvalue weighted by atomic mass is 10.1. The molecule has 1 unspecified atom stereocenters. The summed E-state index contributed by atoms with van der Waals surface area (Å²) in [5.41, 5.74) is 3.28. The Balaban J connectivity index is 1.82. The first-order chi connectivity index (χ1) is 9.58. The molecule has 4 heteroatoms. The maximum atomic E-state index is 12.0. The fourth-order valence-corrected chi connectivity index (χ4v) is 2.70. The van der Waals surface area contributed by atoms with E-state index in [2.05, 4.69) is 17.1 Å². The SMILES string of the molecule is Cc1ccc(NC(=O)CN2CCC(CCO)C2)cc1C. The molecule has 0 aromatic heterocycles. The van der Waals surface area contributed by atoms with Crippen LogP contribution in [0.25, 0.3) is 0 Å². The van der Waals surface area contributed by atoms with Crippen molar-refractivity contribution >= 4 is 11.6 Å². The van der Waals surface area contributed by atoms with Crippen LogP contribution in [-0.2, 0) is 4.79 Å². The molecule has 4 nitrogen and oxygen atoms in total. The average Bonchev–Trinajstić information content (AvgIpc) is 2.81. The van der Waals surface area contributed by atoms with Crippen LogP contribution in [0.15, 0.2) is 18.2 Å². The van der Waals surface area contributed by atoms with E-state index in [4.69, 9.17) is 5.11 Å². The van der Waals surface area contributed by atoms with Gasteiger partial charge in [-0.3, -0.25) is 9.69 Å². The van der Waals surface area contributed by atoms with E-state index in [0.717, 1.165) is 31.6 Å². The smallest absolute Gasteiger partial charge is 0.238 e. The largest absolute Gasteiger partial charge is 0.396 e. The molecule has 0 spiro atoms. The number of nitrogens with one attached hydrogen (secondary N) is 1. The van der Waals surface area contributed by atoms with Crippen LogP contribution in [0.3, 0.4) is 0 Å². The van der Waals surface area contributed by atoms with E-state index >= 15 is 0 Å². The van der Waals surface area contributed by atoms with E-state index in [1.807, 2.05) is 25.1 Å². The summed E-state index contributed by atoms with van der Waals surface area (Å²) in [6, 6.07) is 5.97. The van der Waals surface area contributed by atoms with Crippen LogP contribution in [0.2, 0.25) is 0 Å². The van der Waals surface area contributed by atoms with Crippen LogP contribution >= 0.6 is 0 Å². The van der Waals surface area contributed by atoms with Crippen molar-refractivity contribution in [2.45, 2.75) is 26.7 Å². The number of amides is 1. The minimum atomic E-state index is 0.0397. The molecule has 1 aromatic carbocycles. The lowest BCUT2D eigenvalue weighted by Gasteiger charge is -2.15. The van der Waals surface area contributed by atoms with Gasteiger partial charge in [-0.2, -0.15) is 0 Å². The van der Waals surface area contributed by atoms with Crippen molar-refractivity contribution in [2.24, 2.45) is 5.92 Å². The third-order valence-electron chi connectivity index (χ3n) is 4.07. The van der Waals surface area contributed by atoms with Crippen molar-refractivity contribution in [1.82, 2.24) is 4.90 Å². The zero-order valence-corrected chi connectivity index (χ0v) is 12.4. The Kier molecular flexibility index (Phi) is 5.15. The molecule has 1 heterocycles. The molecule has 1 aliphatic heterocycles. The number of carbonyl (C=O) groups excluding carboxylic acids is 1. The molecule has 20 heavy (non-hydrogen) atoms. The van der Waals surface area contributed by atoms with Crippen LogP contribution in [-0.4, -0.2) is 42.2 Å². The second-order valence-corrected chi connectivity index (χ2v) is 5.75. The minimum absolute atomic E-state index is 0.0397. The normalized spacial score (nSPS) is 19.2. The highest BCUT2D eigenvalue weighted by atomic mass is 16.3. The van der Waals surface area contributed by atoms with E-state index in [1.165, 1.54) is 11.1 Å². The van der Waals surface area contributed by atoms with Gasteiger partial charge in [0, 0.05) is 18.8 Å². The lowest BCUT2D eigenvalue weighted by Crippen LogP contribution is -2.31. The number of benzene rings is 1. The third-order valence-corrected chi connectivity index (χ3v) is 4.07. The van der Waals surface area contributed by atoms with Crippen molar-refractivity contribution in [3.05, 3.63) is 29.3 Å². The summed E-state index contributed by atoms with van der Waals surface area (Å²) in [6.45, 7) is 6.66. The molecule has 0 bridgehead atoms. The standard InChI is InChI=1S/C16H24N2O2/c1-12-3-4-15(9-13(12)2)17-16(20)11-18-7-5-14(10-18)6-8-19/h3-4,9,14,19H,5-8,10-11H2,1-2H3,(H,17,20). The molecule has 110 valence electrons. The molecule has 0 radical (unpaired) electrons. The quantitative estimate of drug-likeness (QED) is 0.864. The zero-order valence-electron chi connectivity index (χ0n) is 12.4. The van der Waals surface area contributed by atoms with Crippen molar-refractivity contribution < 1.29 is 9.90 Å². The number of hydrogen-bond acceptors (Lipinski definition) is 3. The Morgan fingerprint density at radius 1 is 1.40 bits per heavy atom. The molecule has 1 amide bonds. The van der Waals surface area contributed by atoms with Crippen molar-refractivity contribution in [3.63, 3.8) is 0 Å². The molecule has 1 atom stereocenters. The van der Waals surface area contributed by atoms with E-state index in [0.29, 0.717) is 12.5 Å². The molecular formula is C16H24N2O2. The second-order valence-electron chi connectivity index (χ2n) is 5.75. The van der Waals surface area contributed by atoms with Crippen LogP contribution < -0.4 is 5.32 Å². The van der Waals surface area contributed by atoms with E-state index in [-0.39, 0.29) is 12.5 Å². The van der Waals surface area contributed by atoms with Crippen molar-refractivity contribution in [1.29, 1.82) is 0 Å². The predicted molar refractivity (Wildman–Crippen MR) is 80.8 cm³/mol. The van der Waals surface area contributed by atoms with Gasteiger partial charge in [-0.1, -0.05) is 6.07 Å². The van der Waals surface area contributed by atoms with Gasteiger partial charge in [-0.25, -0.2) is 0 Å². The summed E-state index contributed by atoms with van der Waals surface area (Å²) in [4.78, 5) is 14.2. The Hall–Kier alpha value is -1.39. The average molecular weight is 276 g/mol. The summed E-state index contributed by atoms with van der Waals surface area (Å²) >= 11 is 0. The molecular weight excluding hydrogens is 252 g/mol. The summed E-state index contributed by atoms with van der Waals surface area (Å²) in [5.74, 6) is 0.576. The van der Waals surface area contributed by atoms with Crippen LogP contribution in [0.1, 0.15) is 24.0 Å². The topological polar surface area (TPSA) is 52.6 Å². The zero-order chi connectivity index (χ0) is 14.5. The highest BCUT2D eigenvalue weighted by Gasteiger charge is 2.23. The fraction of sp³-hybridized carbons (Fsp3) is 0.562. The van der Waals surface area contributed by atoms with Gasteiger partial charge in [-0.05, 0) is 62.4 Å². The number of rotatable bonds is 5. The molecule has 1 aromatic rings. The van der Waals surface area contributed by atoms with Gasteiger partial charge in [0.25, 0.3) is 0 Å². The summed E-state index contributed by atoms with van der Waals surface area (Å²) in [6.07, 6.45) is 1.92. The van der Waals surface area contributed by atoms with Gasteiger partial charge in [0.2, 0.25) is 5.91 Å². The minimum Gasteiger partial charge on any atom is -0.396 e. The number of aliphatic hydroxyl groups excluding tert-OH is 1. The van der Waals surface area contributed by atoms with Gasteiger partial charge in [0.1, 0.15) is 0 Å². The Morgan fingerprint density at radius 3 is 2.90 bits per heavy atom. The number of aryl methyl sites for hydroxylation is 2.